The summed E-state index contributed by atoms with van der Waals surface area (Å²) < 4.78 is 0. The summed E-state index contributed by atoms with van der Waals surface area (Å²) in [5.74, 6) is -0.769. The van der Waals surface area contributed by atoms with Gasteiger partial charge in [-0.15, -0.1) is 0 Å². The van der Waals surface area contributed by atoms with E-state index < -0.39 is 0 Å². The predicted octanol–water partition coefficient (Wildman–Crippen LogP) is 4.13. The van der Waals surface area contributed by atoms with E-state index in [-0.39, 0.29) is 23.9 Å². The molecule has 0 aliphatic rings. The van der Waals surface area contributed by atoms with Crippen LogP contribution in [0.15, 0.2) is 84.9 Å². The number of Topliss-reactive ketones (excluding diaryl/α,β-unsaturated/α-hetero) is 1. The van der Waals surface area contributed by atoms with Crippen molar-refractivity contribution >= 4 is 23.2 Å². The van der Waals surface area contributed by atoms with Crippen molar-refractivity contribution in [1.82, 2.24) is 0 Å². The second kappa shape index (κ2) is 8.03. The topological polar surface area (TPSA) is 63.2 Å². The number of hydrogen-bond donors (Lipinski definition) is 1. The van der Waals surface area contributed by atoms with Crippen LogP contribution >= 0.6 is 0 Å². The number of para-hydroxylation sites is 1. The van der Waals surface area contributed by atoms with Gasteiger partial charge in [-0.1, -0.05) is 72.8 Å². The third-order valence-electron chi connectivity index (χ3n) is 3.88. The van der Waals surface area contributed by atoms with Crippen molar-refractivity contribution in [3.05, 3.63) is 102 Å². The molecule has 3 aromatic carbocycles. The summed E-state index contributed by atoms with van der Waals surface area (Å²) in [6.45, 7) is 0. The van der Waals surface area contributed by atoms with E-state index >= 15 is 0 Å². The van der Waals surface area contributed by atoms with Gasteiger partial charge in [0.1, 0.15) is 0 Å². The van der Waals surface area contributed by atoms with Crippen molar-refractivity contribution in [2.45, 2.75) is 6.42 Å². The van der Waals surface area contributed by atoms with E-state index in [1.807, 2.05) is 12.1 Å². The minimum absolute atomic E-state index is 0.105. The Balaban J connectivity index is 1.63. The summed E-state index contributed by atoms with van der Waals surface area (Å²) in [5, 5.41) is 2.68. The second-order valence-corrected chi connectivity index (χ2v) is 5.79. The Morgan fingerprint density at radius 3 is 1.73 bits per heavy atom. The largest absolute Gasteiger partial charge is 0.326 e. The molecule has 0 saturated carbocycles. The van der Waals surface area contributed by atoms with E-state index in [1.54, 1.807) is 72.8 Å². The fourth-order valence-corrected chi connectivity index (χ4v) is 2.54. The number of nitrogens with one attached hydrogen (secondary N) is 1. The quantitative estimate of drug-likeness (QED) is 0.541. The van der Waals surface area contributed by atoms with Crippen LogP contribution in [-0.4, -0.2) is 17.5 Å². The van der Waals surface area contributed by atoms with Crippen molar-refractivity contribution in [3.63, 3.8) is 0 Å². The van der Waals surface area contributed by atoms with Crippen LogP contribution in [0.1, 0.15) is 32.7 Å². The predicted molar refractivity (Wildman–Crippen MR) is 100 cm³/mol. The van der Waals surface area contributed by atoms with Crippen LogP contribution in [0.5, 0.6) is 0 Å². The van der Waals surface area contributed by atoms with Gasteiger partial charge in [0.15, 0.2) is 11.6 Å². The van der Waals surface area contributed by atoms with Gasteiger partial charge in [-0.25, -0.2) is 0 Å². The standard InChI is InChI=1S/C22H17NO3/c24-20(15-21(25)23-19-9-5-2-6-10-19)16-11-13-18(14-12-16)22(26)17-7-3-1-4-8-17/h1-14H,15H2,(H,23,25). The molecule has 4 nitrogen and oxygen atoms in total. The SMILES string of the molecule is O=C(CC(=O)c1ccc(C(=O)c2ccccc2)cc1)Nc1ccccc1. The Bertz CT molecular complexity index is 917. The summed E-state index contributed by atoms with van der Waals surface area (Å²) in [5.41, 5.74) is 2.14. The number of anilines is 1. The lowest BCUT2D eigenvalue weighted by molar-refractivity contribution is -0.115. The van der Waals surface area contributed by atoms with Crippen molar-refractivity contribution in [1.29, 1.82) is 0 Å². The highest BCUT2D eigenvalue weighted by atomic mass is 16.2. The van der Waals surface area contributed by atoms with E-state index in [0.717, 1.165) is 0 Å². The molecule has 0 aliphatic carbocycles. The lowest BCUT2D eigenvalue weighted by Gasteiger charge is -2.06. The average Bonchev–Trinajstić information content (AvgIpc) is 2.69. The molecule has 3 aromatic rings. The number of carbonyl (C=O) groups is 3. The Morgan fingerprint density at radius 2 is 1.12 bits per heavy atom. The first-order chi connectivity index (χ1) is 12.6. The highest BCUT2D eigenvalue weighted by molar-refractivity contribution is 6.12. The molecule has 0 aliphatic heterocycles. The molecule has 0 fully saturated rings. The van der Waals surface area contributed by atoms with E-state index in [9.17, 15) is 14.4 Å². The van der Waals surface area contributed by atoms with Gasteiger partial charge in [0.2, 0.25) is 5.91 Å². The molecule has 26 heavy (non-hydrogen) atoms. The fourth-order valence-electron chi connectivity index (χ4n) is 2.54. The molecular formula is C22H17NO3. The molecule has 0 radical (unpaired) electrons. The van der Waals surface area contributed by atoms with Gasteiger partial charge < -0.3 is 5.32 Å². The summed E-state index contributed by atoms with van der Waals surface area (Å²) in [6, 6.07) is 24.3. The molecule has 0 heterocycles. The second-order valence-electron chi connectivity index (χ2n) is 5.79. The first-order valence-corrected chi connectivity index (χ1v) is 8.21. The summed E-state index contributed by atoms with van der Waals surface area (Å²) in [6.07, 6.45) is -0.249. The van der Waals surface area contributed by atoms with E-state index in [1.165, 1.54) is 0 Å². The molecule has 3 rings (SSSR count). The normalized spacial score (nSPS) is 10.2. The third kappa shape index (κ3) is 4.30. The molecule has 0 unspecified atom stereocenters. The minimum Gasteiger partial charge on any atom is -0.326 e. The first-order valence-electron chi connectivity index (χ1n) is 8.21. The van der Waals surface area contributed by atoms with Gasteiger partial charge in [0, 0.05) is 22.4 Å². The summed E-state index contributed by atoms with van der Waals surface area (Å²) >= 11 is 0. The van der Waals surface area contributed by atoms with E-state index in [2.05, 4.69) is 5.32 Å². The number of hydrogen-bond acceptors (Lipinski definition) is 3. The van der Waals surface area contributed by atoms with Crippen LogP contribution < -0.4 is 5.32 Å². The molecular weight excluding hydrogens is 326 g/mol. The fraction of sp³-hybridized carbons (Fsp3) is 0.0455. The zero-order valence-corrected chi connectivity index (χ0v) is 14.0. The molecule has 0 spiro atoms. The van der Waals surface area contributed by atoms with Crippen molar-refractivity contribution in [3.8, 4) is 0 Å². The molecule has 0 aromatic heterocycles. The molecule has 1 N–H and O–H groups in total. The minimum atomic E-state index is -0.370. The Morgan fingerprint density at radius 1 is 0.615 bits per heavy atom. The highest BCUT2D eigenvalue weighted by Crippen LogP contribution is 2.13. The molecule has 0 bridgehead atoms. The Hall–Kier alpha value is -3.53. The zero-order chi connectivity index (χ0) is 18.4. The van der Waals surface area contributed by atoms with Crippen LogP contribution in [0.3, 0.4) is 0 Å². The van der Waals surface area contributed by atoms with Crippen molar-refractivity contribution in [2.24, 2.45) is 0 Å². The van der Waals surface area contributed by atoms with Crippen molar-refractivity contribution < 1.29 is 14.4 Å². The van der Waals surface area contributed by atoms with Gasteiger partial charge in [-0.2, -0.15) is 0 Å². The first kappa shape index (κ1) is 17.3. The molecule has 128 valence electrons. The molecule has 0 atom stereocenters. The van der Waals surface area contributed by atoms with Gasteiger partial charge in [0.05, 0.1) is 6.42 Å². The lowest BCUT2D eigenvalue weighted by atomic mass is 10.0. The highest BCUT2D eigenvalue weighted by Gasteiger charge is 2.14. The molecule has 4 heteroatoms. The lowest BCUT2D eigenvalue weighted by Crippen LogP contribution is -2.16. The van der Waals surface area contributed by atoms with Crippen LogP contribution in [-0.2, 0) is 4.79 Å². The Kier molecular flexibility index (Phi) is 5.34. The van der Waals surface area contributed by atoms with Crippen molar-refractivity contribution in [2.75, 3.05) is 5.32 Å². The van der Waals surface area contributed by atoms with Crippen LogP contribution in [0, 0.1) is 0 Å². The van der Waals surface area contributed by atoms with Gasteiger partial charge in [0.25, 0.3) is 0 Å². The Labute approximate surface area is 151 Å². The van der Waals surface area contributed by atoms with Gasteiger partial charge in [-0.3, -0.25) is 14.4 Å². The zero-order valence-electron chi connectivity index (χ0n) is 14.0. The van der Waals surface area contributed by atoms with Gasteiger partial charge in [-0.05, 0) is 12.1 Å². The smallest absolute Gasteiger partial charge is 0.232 e. The van der Waals surface area contributed by atoms with E-state index in [0.29, 0.717) is 22.4 Å². The maximum atomic E-state index is 12.4. The monoisotopic (exact) mass is 343 g/mol. The van der Waals surface area contributed by atoms with Crippen LogP contribution in [0.4, 0.5) is 5.69 Å². The van der Waals surface area contributed by atoms with E-state index in [4.69, 9.17) is 0 Å². The average molecular weight is 343 g/mol. The molecule has 1 amide bonds. The molecule has 0 saturated heterocycles. The summed E-state index contributed by atoms with van der Waals surface area (Å²) in [7, 11) is 0. The van der Waals surface area contributed by atoms with Crippen LogP contribution in [0.25, 0.3) is 0 Å². The van der Waals surface area contributed by atoms with Crippen LogP contribution in [0.2, 0.25) is 0 Å². The summed E-state index contributed by atoms with van der Waals surface area (Å²) in [4.78, 5) is 36.6. The number of benzene rings is 3. The number of ketones is 2. The number of amides is 1. The third-order valence-corrected chi connectivity index (χ3v) is 3.88. The van der Waals surface area contributed by atoms with Gasteiger partial charge >= 0.3 is 0 Å². The maximum Gasteiger partial charge on any atom is 0.232 e. The number of rotatable bonds is 6. The number of carbonyl (C=O) groups excluding carboxylic acids is 3. The maximum absolute atomic E-state index is 12.4.